The number of carbonyl (C=O) groups is 2. The van der Waals surface area contributed by atoms with Crippen LogP contribution in [0.2, 0.25) is 0 Å². The van der Waals surface area contributed by atoms with Gasteiger partial charge in [-0.15, -0.1) is 0 Å². The number of H-pyrrole nitrogens is 1. The summed E-state index contributed by atoms with van der Waals surface area (Å²) < 4.78 is 0. The van der Waals surface area contributed by atoms with Gasteiger partial charge in [0.25, 0.3) is 0 Å². The highest BCUT2D eigenvalue weighted by molar-refractivity contribution is 5.95. The molecule has 1 heterocycles. The highest BCUT2D eigenvalue weighted by Crippen LogP contribution is 2.19. The normalized spacial score (nSPS) is 12.3. The summed E-state index contributed by atoms with van der Waals surface area (Å²) in [5, 5.41) is 13.0. The fourth-order valence-electron chi connectivity index (χ4n) is 2.88. The van der Waals surface area contributed by atoms with Crippen molar-refractivity contribution in [2.24, 2.45) is 0 Å². The molecule has 1 aromatic heterocycles. The summed E-state index contributed by atoms with van der Waals surface area (Å²) in [7, 11) is 0. The first-order chi connectivity index (χ1) is 12.5. The van der Waals surface area contributed by atoms with Crippen LogP contribution in [-0.2, 0) is 16.0 Å². The Bertz CT molecular complexity index is 972. The van der Waals surface area contributed by atoms with E-state index in [-0.39, 0.29) is 6.42 Å². The van der Waals surface area contributed by atoms with Gasteiger partial charge in [-0.1, -0.05) is 42.5 Å². The van der Waals surface area contributed by atoms with Crippen LogP contribution < -0.4 is 5.32 Å². The van der Waals surface area contributed by atoms with Crippen LogP contribution >= 0.6 is 0 Å². The first-order valence-corrected chi connectivity index (χ1v) is 8.36. The van der Waals surface area contributed by atoms with Crippen LogP contribution in [0.1, 0.15) is 16.7 Å². The molecule has 3 N–H and O–H groups in total. The molecular weight excluding hydrogens is 328 g/mol. The number of fused-ring (bicyclic) bond motifs is 1. The molecule has 26 heavy (non-hydrogen) atoms. The Morgan fingerprint density at radius 1 is 1.15 bits per heavy atom. The van der Waals surface area contributed by atoms with E-state index < -0.39 is 17.9 Å². The van der Waals surface area contributed by atoms with Gasteiger partial charge in [-0.25, -0.2) is 4.79 Å². The number of rotatable bonds is 6. The van der Waals surface area contributed by atoms with Crippen LogP contribution in [0.3, 0.4) is 0 Å². The number of aliphatic carboxylic acids is 1. The van der Waals surface area contributed by atoms with Gasteiger partial charge in [0.15, 0.2) is 0 Å². The second-order valence-corrected chi connectivity index (χ2v) is 6.15. The molecule has 0 saturated carbocycles. The number of aromatic amines is 1. The molecule has 1 atom stereocenters. The van der Waals surface area contributed by atoms with Gasteiger partial charge in [-0.05, 0) is 35.8 Å². The van der Waals surface area contributed by atoms with Crippen LogP contribution in [0.5, 0.6) is 0 Å². The highest BCUT2D eigenvalue weighted by Gasteiger charge is 2.21. The smallest absolute Gasteiger partial charge is 0.326 e. The van der Waals surface area contributed by atoms with Crippen molar-refractivity contribution in [3.05, 3.63) is 77.5 Å². The first kappa shape index (κ1) is 17.5. The topological polar surface area (TPSA) is 82.2 Å². The summed E-state index contributed by atoms with van der Waals surface area (Å²) in [6.45, 7) is 1.95. The maximum atomic E-state index is 12.2. The van der Waals surface area contributed by atoms with Gasteiger partial charge in [0.2, 0.25) is 5.91 Å². The first-order valence-electron chi connectivity index (χ1n) is 8.36. The molecule has 132 valence electrons. The van der Waals surface area contributed by atoms with Crippen molar-refractivity contribution in [1.82, 2.24) is 10.3 Å². The maximum Gasteiger partial charge on any atom is 0.326 e. The van der Waals surface area contributed by atoms with Crippen LogP contribution in [0.25, 0.3) is 17.0 Å². The van der Waals surface area contributed by atoms with Gasteiger partial charge in [-0.3, -0.25) is 4.79 Å². The third-order valence-corrected chi connectivity index (χ3v) is 4.32. The highest BCUT2D eigenvalue weighted by atomic mass is 16.4. The van der Waals surface area contributed by atoms with Crippen molar-refractivity contribution >= 4 is 28.9 Å². The molecule has 5 heteroatoms. The van der Waals surface area contributed by atoms with Gasteiger partial charge < -0.3 is 15.4 Å². The molecule has 0 fully saturated rings. The van der Waals surface area contributed by atoms with Crippen molar-refractivity contribution < 1.29 is 14.7 Å². The second-order valence-electron chi connectivity index (χ2n) is 6.15. The Hall–Kier alpha value is -3.34. The van der Waals surface area contributed by atoms with E-state index in [4.69, 9.17) is 0 Å². The lowest BCUT2D eigenvalue weighted by Gasteiger charge is -2.13. The van der Waals surface area contributed by atoms with E-state index in [1.54, 1.807) is 12.3 Å². The molecule has 0 radical (unpaired) electrons. The Balaban J connectivity index is 1.71. The number of nitrogens with one attached hydrogen (secondary N) is 2. The van der Waals surface area contributed by atoms with E-state index >= 15 is 0 Å². The van der Waals surface area contributed by atoms with E-state index in [9.17, 15) is 14.7 Å². The van der Waals surface area contributed by atoms with Crippen molar-refractivity contribution in [3.8, 4) is 0 Å². The lowest BCUT2D eigenvalue weighted by molar-refractivity contribution is -0.141. The number of aryl methyl sites for hydroxylation is 1. The standard InChI is InChI=1S/C21H20N2O3/c1-14-6-2-3-7-15(14)10-11-20(24)23-19(21(25)26)12-16-13-22-18-9-5-4-8-17(16)18/h2-11,13,19,22H,12H2,1H3,(H,23,24)(H,25,26)/b11-10+/t19-/m0/s1. The molecule has 1 amide bonds. The van der Waals surface area contributed by atoms with E-state index in [1.165, 1.54) is 6.08 Å². The van der Waals surface area contributed by atoms with Gasteiger partial charge in [0.05, 0.1) is 0 Å². The van der Waals surface area contributed by atoms with Crippen LogP contribution in [0.15, 0.2) is 60.8 Å². The van der Waals surface area contributed by atoms with E-state index in [2.05, 4.69) is 10.3 Å². The molecule has 0 bridgehead atoms. The van der Waals surface area contributed by atoms with Crippen molar-refractivity contribution in [2.75, 3.05) is 0 Å². The molecule has 0 aliphatic heterocycles. The van der Waals surface area contributed by atoms with Crippen molar-refractivity contribution in [2.45, 2.75) is 19.4 Å². The molecule has 0 aliphatic carbocycles. The minimum absolute atomic E-state index is 0.212. The predicted octanol–water partition coefficient (Wildman–Crippen LogP) is 3.30. The quantitative estimate of drug-likeness (QED) is 0.598. The Kier molecular flexibility index (Phi) is 5.17. The molecule has 3 aromatic rings. The van der Waals surface area contributed by atoms with Crippen LogP contribution in [0.4, 0.5) is 0 Å². The molecule has 0 aliphatic rings. The average Bonchev–Trinajstić information content (AvgIpc) is 3.03. The molecule has 0 saturated heterocycles. The fraction of sp³-hybridized carbons (Fsp3) is 0.143. The number of carboxylic acid groups (broad SMARTS) is 1. The number of hydrogen-bond acceptors (Lipinski definition) is 2. The third-order valence-electron chi connectivity index (χ3n) is 4.32. The number of hydrogen-bond donors (Lipinski definition) is 3. The Morgan fingerprint density at radius 2 is 1.88 bits per heavy atom. The van der Waals surface area contributed by atoms with E-state index in [1.807, 2.05) is 55.5 Å². The zero-order valence-corrected chi connectivity index (χ0v) is 14.4. The van der Waals surface area contributed by atoms with Crippen LogP contribution in [0, 0.1) is 6.92 Å². The lowest BCUT2D eigenvalue weighted by Crippen LogP contribution is -2.41. The zero-order valence-electron chi connectivity index (χ0n) is 14.4. The molecule has 0 unspecified atom stereocenters. The predicted molar refractivity (Wildman–Crippen MR) is 102 cm³/mol. The van der Waals surface area contributed by atoms with Crippen LogP contribution in [-0.4, -0.2) is 28.0 Å². The third kappa shape index (κ3) is 4.00. The molecule has 0 spiro atoms. The van der Waals surface area contributed by atoms with Gasteiger partial charge >= 0.3 is 5.97 Å². The van der Waals surface area contributed by atoms with Gasteiger partial charge in [-0.2, -0.15) is 0 Å². The fourth-order valence-corrected chi connectivity index (χ4v) is 2.88. The Morgan fingerprint density at radius 3 is 2.65 bits per heavy atom. The van der Waals surface area contributed by atoms with Crippen molar-refractivity contribution in [3.63, 3.8) is 0 Å². The Labute approximate surface area is 151 Å². The largest absolute Gasteiger partial charge is 0.480 e. The van der Waals surface area contributed by atoms with Gasteiger partial charge in [0, 0.05) is 29.6 Å². The average molecular weight is 348 g/mol. The number of carbonyl (C=O) groups excluding carboxylic acids is 1. The number of aromatic nitrogens is 1. The maximum absolute atomic E-state index is 12.2. The lowest BCUT2D eigenvalue weighted by atomic mass is 10.0. The summed E-state index contributed by atoms with van der Waals surface area (Å²) in [6, 6.07) is 14.3. The van der Waals surface area contributed by atoms with Crippen molar-refractivity contribution in [1.29, 1.82) is 0 Å². The van der Waals surface area contributed by atoms with E-state index in [0.717, 1.165) is 27.6 Å². The number of amides is 1. The number of para-hydroxylation sites is 1. The minimum atomic E-state index is -1.06. The molecular formula is C21H20N2O3. The SMILES string of the molecule is Cc1ccccc1/C=C/C(=O)N[C@@H](Cc1c[nH]c2ccccc12)C(=O)O. The summed E-state index contributed by atoms with van der Waals surface area (Å²) in [6.07, 6.45) is 5.06. The summed E-state index contributed by atoms with van der Waals surface area (Å²) in [5.41, 5.74) is 3.77. The summed E-state index contributed by atoms with van der Waals surface area (Å²) in [5.74, 6) is -1.49. The summed E-state index contributed by atoms with van der Waals surface area (Å²) >= 11 is 0. The van der Waals surface area contributed by atoms with Gasteiger partial charge in [0.1, 0.15) is 6.04 Å². The number of carboxylic acids is 1. The molecule has 2 aromatic carbocycles. The molecule has 3 rings (SSSR count). The molecule has 5 nitrogen and oxygen atoms in total. The second kappa shape index (κ2) is 7.70. The summed E-state index contributed by atoms with van der Waals surface area (Å²) in [4.78, 5) is 26.9. The monoisotopic (exact) mass is 348 g/mol. The number of benzene rings is 2. The zero-order chi connectivity index (χ0) is 18.5. The minimum Gasteiger partial charge on any atom is -0.480 e. The van der Waals surface area contributed by atoms with E-state index in [0.29, 0.717) is 0 Å².